The van der Waals surface area contributed by atoms with Gasteiger partial charge in [0, 0.05) is 33.1 Å². The Balaban J connectivity index is 1.54. The maximum absolute atomic E-state index is 14.8. The van der Waals surface area contributed by atoms with Crippen molar-refractivity contribution in [1.29, 1.82) is 0 Å². The van der Waals surface area contributed by atoms with E-state index in [1.54, 1.807) is 39.5 Å². The molecule has 0 bridgehead atoms. The highest BCUT2D eigenvalue weighted by Gasteiger charge is 2.47. The van der Waals surface area contributed by atoms with E-state index >= 15 is 0 Å². The van der Waals surface area contributed by atoms with Crippen LogP contribution in [-0.4, -0.2) is 136 Å². The smallest absolute Gasteiger partial charge is 0.329 e. The first-order valence-electron chi connectivity index (χ1n) is 23.2. The number of carbonyl (C=O) groups excluding carboxylic acids is 8. The third-order valence-electron chi connectivity index (χ3n) is 13.8. The number of ketones is 1. The van der Waals surface area contributed by atoms with Gasteiger partial charge in [-0.15, -0.1) is 0 Å². The minimum absolute atomic E-state index is 0.0122. The summed E-state index contributed by atoms with van der Waals surface area (Å²) < 4.78 is 11.7. The third kappa shape index (κ3) is 11.1. The van der Waals surface area contributed by atoms with E-state index in [0.717, 1.165) is 5.56 Å². The molecule has 4 heterocycles. The van der Waals surface area contributed by atoms with E-state index in [9.17, 15) is 38.4 Å². The van der Waals surface area contributed by atoms with Crippen LogP contribution in [0, 0.1) is 35.5 Å². The van der Waals surface area contributed by atoms with Crippen LogP contribution >= 0.6 is 0 Å². The maximum atomic E-state index is 14.8. The Kier molecular flexibility index (Phi) is 16.6. The van der Waals surface area contributed by atoms with Gasteiger partial charge in [-0.05, 0) is 87.0 Å². The number of cyclic esters (lactones) is 2. The Hall–Kier alpha value is -4.82. The zero-order valence-electron chi connectivity index (χ0n) is 39.0. The van der Waals surface area contributed by atoms with E-state index in [-0.39, 0.29) is 43.5 Å². The molecule has 0 saturated carbocycles. The molecular formula is C48H71N5O10. The molecule has 0 aliphatic carbocycles. The molecule has 0 radical (unpaired) electrons. The lowest BCUT2D eigenvalue weighted by Gasteiger charge is -2.38. The highest BCUT2D eigenvalue weighted by Crippen LogP contribution is 2.32. The fourth-order valence-corrected chi connectivity index (χ4v) is 10.1. The van der Waals surface area contributed by atoms with Crippen molar-refractivity contribution in [1.82, 2.24) is 24.9 Å². The van der Waals surface area contributed by atoms with Gasteiger partial charge in [-0.2, -0.15) is 0 Å². The number of amides is 5. The molecule has 348 valence electrons. The van der Waals surface area contributed by atoms with Crippen LogP contribution in [0.25, 0.3) is 0 Å². The number of nitrogens with zero attached hydrogens (tertiary/aromatic N) is 4. The van der Waals surface area contributed by atoms with E-state index in [0.29, 0.717) is 45.1 Å². The summed E-state index contributed by atoms with van der Waals surface area (Å²) in [6, 6.07) is 4.86. The van der Waals surface area contributed by atoms with Gasteiger partial charge in [-0.1, -0.05) is 85.7 Å². The summed E-state index contributed by atoms with van der Waals surface area (Å²) in [5, 5.41) is 3.05. The van der Waals surface area contributed by atoms with Crippen LogP contribution in [0.1, 0.15) is 113 Å². The normalized spacial score (nSPS) is 30.8. The van der Waals surface area contributed by atoms with Crippen molar-refractivity contribution in [2.75, 3.05) is 26.7 Å². The molecule has 4 saturated heterocycles. The molecule has 5 amide bonds. The van der Waals surface area contributed by atoms with Crippen molar-refractivity contribution in [3.63, 3.8) is 0 Å². The topological polar surface area (TPSA) is 180 Å². The van der Waals surface area contributed by atoms with Crippen LogP contribution < -0.4 is 5.32 Å². The van der Waals surface area contributed by atoms with Crippen LogP contribution in [-0.2, 0) is 54.3 Å². The molecule has 1 aromatic carbocycles. The number of carbonyl (C=O) groups is 8. The van der Waals surface area contributed by atoms with E-state index in [1.807, 2.05) is 51.1 Å². The van der Waals surface area contributed by atoms with Gasteiger partial charge >= 0.3 is 11.9 Å². The quantitative estimate of drug-likeness (QED) is 0.408. The van der Waals surface area contributed by atoms with Crippen LogP contribution in [0.3, 0.4) is 0 Å². The molecule has 1 unspecified atom stereocenters. The van der Waals surface area contributed by atoms with Gasteiger partial charge in [0.05, 0.1) is 12.0 Å². The average molecular weight is 878 g/mol. The molecule has 63 heavy (non-hydrogen) atoms. The number of rotatable bonds is 6. The minimum atomic E-state index is -1.29. The zero-order chi connectivity index (χ0) is 46.4. The highest BCUT2D eigenvalue weighted by molar-refractivity contribution is 5.97. The molecule has 15 heteroatoms. The van der Waals surface area contributed by atoms with Crippen LogP contribution in [0.5, 0.6) is 0 Å². The van der Waals surface area contributed by atoms with Gasteiger partial charge in [-0.3, -0.25) is 33.6 Å². The van der Waals surface area contributed by atoms with Crippen molar-refractivity contribution in [2.45, 2.75) is 156 Å². The largest absolute Gasteiger partial charge is 0.452 e. The Labute approximate surface area is 373 Å². The predicted octanol–water partition coefficient (Wildman–Crippen LogP) is 4.19. The summed E-state index contributed by atoms with van der Waals surface area (Å²) in [4.78, 5) is 120. The highest BCUT2D eigenvalue weighted by atomic mass is 16.6. The van der Waals surface area contributed by atoms with E-state index in [1.165, 1.54) is 28.7 Å². The van der Waals surface area contributed by atoms with Crippen LogP contribution in [0.4, 0.5) is 0 Å². The number of hydrogen-bond donors (Lipinski definition) is 1. The molecule has 0 aromatic heterocycles. The summed E-state index contributed by atoms with van der Waals surface area (Å²) in [5.74, 6) is -6.85. The number of hydrogen-bond acceptors (Lipinski definition) is 10. The van der Waals surface area contributed by atoms with Crippen molar-refractivity contribution in [2.24, 2.45) is 35.5 Å². The molecular weight excluding hydrogens is 807 g/mol. The summed E-state index contributed by atoms with van der Waals surface area (Å²) in [7, 11) is 1.49. The van der Waals surface area contributed by atoms with Gasteiger partial charge in [0.25, 0.3) is 11.8 Å². The summed E-state index contributed by atoms with van der Waals surface area (Å²) in [6.07, 6.45) is 0.551. The maximum Gasteiger partial charge on any atom is 0.329 e. The summed E-state index contributed by atoms with van der Waals surface area (Å²) >= 11 is 0. The first kappa shape index (κ1) is 49.2. The number of esters is 2. The third-order valence-corrected chi connectivity index (χ3v) is 13.8. The monoisotopic (exact) mass is 878 g/mol. The molecule has 4 aliphatic rings. The SMILES string of the molecule is CC(C)C1CC(=O)[C@@H]2CCCN2C(=O)[C@H]([C@H](C)Cc2ccccc2)NC(=O)[C@@H]2CCCN2C(=O)[C@@H](C(C)C)N(C)C(=O)[C@H](C(C)C)OC(=O)[C@@H]2CCCN2C(=O)[C@H](C)OC(=O)[C@@H]1C. The van der Waals surface area contributed by atoms with Gasteiger partial charge < -0.3 is 34.4 Å². The molecule has 4 aliphatic heterocycles. The molecule has 1 N–H and O–H groups in total. The molecule has 1 aromatic rings. The number of fused-ring (bicyclic) bond motifs is 3. The van der Waals surface area contributed by atoms with Gasteiger partial charge in [0.1, 0.15) is 24.2 Å². The lowest BCUT2D eigenvalue weighted by Crippen LogP contribution is -2.60. The molecule has 4 fully saturated rings. The molecule has 15 nitrogen and oxygen atoms in total. The standard InChI is InChI=1S/C48H71N5O10/c1-27(2)34-26-38(54)35-19-14-22-51(35)44(57)39(30(7)25-33-17-12-11-13-18-33)49-42(55)36-20-15-23-52(36)45(58)40(28(3)4)50(10)46(59)41(29(5)6)63-48(61)37-21-16-24-53(37)43(56)32(9)62-47(60)31(34)8/h11-13,17-18,27-32,34-37,39-41H,14-16,19-26H2,1-10H3,(H,49,55)/t30-,31-,32+,34?,35+,36+,37+,39+,40-,41+/m1/s1. The van der Waals surface area contributed by atoms with Crippen LogP contribution in [0.2, 0.25) is 0 Å². The van der Waals surface area contributed by atoms with Crippen molar-refractivity contribution in [3.05, 3.63) is 35.9 Å². The lowest BCUT2D eigenvalue weighted by atomic mass is 9.79. The van der Waals surface area contributed by atoms with Gasteiger partial charge in [0.2, 0.25) is 17.7 Å². The first-order chi connectivity index (χ1) is 29.7. The fraction of sp³-hybridized carbons (Fsp3) is 0.708. The van der Waals surface area contributed by atoms with Crippen molar-refractivity contribution in [3.8, 4) is 0 Å². The minimum Gasteiger partial charge on any atom is -0.452 e. The zero-order valence-corrected chi connectivity index (χ0v) is 39.0. The Morgan fingerprint density at radius 1 is 0.635 bits per heavy atom. The number of nitrogens with one attached hydrogen (secondary N) is 1. The summed E-state index contributed by atoms with van der Waals surface area (Å²) in [6.45, 7) is 16.7. The second-order valence-corrected chi connectivity index (χ2v) is 19.4. The molecule has 10 atom stereocenters. The van der Waals surface area contributed by atoms with E-state index in [2.05, 4.69) is 5.32 Å². The average Bonchev–Trinajstić information content (AvgIpc) is 4.04. The predicted molar refractivity (Wildman–Crippen MR) is 234 cm³/mol. The number of benzene rings is 1. The fourth-order valence-electron chi connectivity index (χ4n) is 10.1. The van der Waals surface area contributed by atoms with Gasteiger partial charge in [0.15, 0.2) is 18.0 Å². The second-order valence-electron chi connectivity index (χ2n) is 19.4. The van der Waals surface area contributed by atoms with E-state index in [4.69, 9.17) is 9.47 Å². The Bertz CT molecular complexity index is 1850. The van der Waals surface area contributed by atoms with E-state index < -0.39 is 108 Å². The number of likely N-dealkylation sites (N-methyl/N-ethyl adjacent to an activating group) is 1. The van der Waals surface area contributed by atoms with Crippen molar-refractivity contribution >= 4 is 47.3 Å². The Morgan fingerprint density at radius 3 is 1.76 bits per heavy atom. The lowest BCUT2D eigenvalue weighted by molar-refractivity contribution is -0.172. The number of Topliss-reactive ketones (excluding diaryl/α,β-unsaturated/α-hetero) is 1. The number of ether oxygens (including phenoxy) is 2. The first-order valence-corrected chi connectivity index (χ1v) is 23.2. The molecule has 0 spiro atoms. The second kappa shape index (κ2) is 21.2. The molecule has 5 rings (SSSR count). The van der Waals surface area contributed by atoms with Crippen LogP contribution in [0.15, 0.2) is 30.3 Å². The van der Waals surface area contributed by atoms with Crippen molar-refractivity contribution < 1.29 is 47.8 Å². The summed E-state index contributed by atoms with van der Waals surface area (Å²) in [5.41, 5.74) is 0.967. The Morgan fingerprint density at radius 2 is 1.19 bits per heavy atom. The van der Waals surface area contributed by atoms with Gasteiger partial charge in [-0.25, -0.2) is 4.79 Å².